The second-order valence-corrected chi connectivity index (χ2v) is 16.8. The molecule has 0 radical (unpaired) electrons. The number of hydrogen-bond donors (Lipinski definition) is 2. The zero-order valence-corrected chi connectivity index (χ0v) is 35.7. The zero-order chi connectivity index (χ0) is 43.7. The number of benzene rings is 4. The van der Waals surface area contributed by atoms with Gasteiger partial charge in [-0.2, -0.15) is 5.10 Å². The van der Waals surface area contributed by atoms with Crippen molar-refractivity contribution in [3.8, 4) is 11.1 Å². The van der Waals surface area contributed by atoms with Crippen LogP contribution in [0.3, 0.4) is 0 Å². The number of hydrazone groups is 1. The van der Waals surface area contributed by atoms with Gasteiger partial charge in [-0.05, 0) is 58.7 Å². The summed E-state index contributed by atoms with van der Waals surface area (Å²) in [5.41, 5.74) is 11.3. The van der Waals surface area contributed by atoms with Gasteiger partial charge < -0.3 is 24.6 Å². The van der Waals surface area contributed by atoms with Crippen molar-refractivity contribution in [1.29, 1.82) is 0 Å². The van der Waals surface area contributed by atoms with Crippen molar-refractivity contribution < 1.29 is 33.0 Å². The lowest BCUT2D eigenvalue weighted by atomic mass is 9.87. The summed E-state index contributed by atoms with van der Waals surface area (Å²) in [4.78, 5) is 58.4. The molecule has 1 saturated heterocycles. The molecule has 13 heteroatoms. The third-order valence-electron chi connectivity index (χ3n) is 12.6. The fraction of sp³-hybridized carbons (Fsp3) is 0.380. The Morgan fingerprint density at radius 2 is 1.46 bits per heavy atom. The quantitative estimate of drug-likeness (QED) is 0.123. The van der Waals surface area contributed by atoms with Crippen molar-refractivity contribution >= 4 is 35.2 Å². The predicted octanol–water partition coefficient (Wildman–Crippen LogP) is 6.99. The van der Waals surface area contributed by atoms with Gasteiger partial charge >= 0.3 is 6.09 Å². The van der Waals surface area contributed by atoms with E-state index < -0.39 is 17.8 Å². The first-order chi connectivity index (χ1) is 30.7. The van der Waals surface area contributed by atoms with Crippen LogP contribution < -0.4 is 10.7 Å². The Morgan fingerprint density at radius 3 is 2.17 bits per heavy atom. The van der Waals surface area contributed by atoms with Crippen LogP contribution in [0, 0.1) is 11.7 Å². The molecule has 4 aromatic rings. The summed E-state index contributed by atoms with van der Waals surface area (Å²) in [5, 5.41) is 7.42. The Labute approximate surface area is 368 Å². The van der Waals surface area contributed by atoms with Crippen molar-refractivity contribution in [2.75, 3.05) is 65.6 Å². The first kappa shape index (κ1) is 43.3. The maximum atomic E-state index is 15.2. The van der Waals surface area contributed by atoms with Crippen LogP contribution in [-0.2, 0) is 25.5 Å². The summed E-state index contributed by atoms with van der Waals surface area (Å²) in [6, 6.07) is 28.5. The van der Waals surface area contributed by atoms with Crippen LogP contribution in [0.15, 0.2) is 103 Å². The Kier molecular flexibility index (Phi) is 13.9. The molecule has 12 nitrogen and oxygen atoms in total. The molecule has 0 atom stereocenters. The van der Waals surface area contributed by atoms with Crippen LogP contribution in [0.2, 0.25) is 0 Å². The van der Waals surface area contributed by atoms with E-state index in [1.54, 1.807) is 21.9 Å². The molecule has 2 N–H and O–H groups in total. The predicted molar refractivity (Wildman–Crippen MR) is 239 cm³/mol. The number of fused-ring (bicyclic) bond motifs is 4. The van der Waals surface area contributed by atoms with Crippen molar-refractivity contribution in [2.45, 2.75) is 50.9 Å². The number of amides is 4. The molecule has 2 heterocycles. The number of nitrogens with one attached hydrogen (secondary N) is 2. The average molecular weight is 855 g/mol. The van der Waals surface area contributed by atoms with E-state index >= 15 is 4.39 Å². The van der Waals surface area contributed by atoms with Crippen molar-refractivity contribution in [3.05, 3.63) is 137 Å². The normalized spacial score (nSPS) is 16.0. The second-order valence-electron chi connectivity index (χ2n) is 16.8. The fourth-order valence-electron chi connectivity index (χ4n) is 9.21. The van der Waals surface area contributed by atoms with E-state index in [-0.39, 0.29) is 82.4 Å². The lowest BCUT2D eigenvalue weighted by Gasteiger charge is -2.36. The van der Waals surface area contributed by atoms with Gasteiger partial charge in [-0.3, -0.25) is 24.7 Å². The SMILES string of the molecule is C=C1NN=C(Cc2ccc(F)c(C(=O)N3CCN(C(=O)CN(CCOCCNC(=O)CC4CCCCC4)C(=O)OCC4c5ccccc5-c5ccccc54)CC3)c2)c2ccccc21. The highest BCUT2D eigenvalue weighted by molar-refractivity contribution is 6.07. The van der Waals surface area contributed by atoms with Crippen molar-refractivity contribution in [2.24, 2.45) is 11.0 Å². The highest BCUT2D eigenvalue weighted by Gasteiger charge is 2.32. The van der Waals surface area contributed by atoms with Gasteiger partial charge in [0.05, 0.1) is 30.2 Å². The largest absolute Gasteiger partial charge is 0.448 e. The van der Waals surface area contributed by atoms with Gasteiger partial charge in [-0.25, -0.2) is 9.18 Å². The summed E-state index contributed by atoms with van der Waals surface area (Å²) >= 11 is 0. The summed E-state index contributed by atoms with van der Waals surface area (Å²) < 4.78 is 27.0. The molecule has 328 valence electrons. The summed E-state index contributed by atoms with van der Waals surface area (Å²) in [5.74, 6) is -1.07. The number of halogens is 1. The number of carbonyl (C=O) groups is 4. The number of nitrogens with zero attached hydrogens (tertiary/aromatic N) is 4. The molecule has 63 heavy (non-hydrogen) atoms. The van der Waals surface area contributed by atoms with E-state index in [0.717, 1.165) is 57.5 Å². The minimum absolute atomic E-state index is 0.0262. The van der Waals surface area contributed by atoms with Crippen molar-refractivity contribution in [1.82, 2.24) is 25.4 Å². The molecule has 4 aromatic carbocycles. The Balaban J connectivity index is 0.864. The number of hydrogen-bond acceptors (Lipinski definition) is 8. The van der Waals surface area contributed by atoms with Crippen LogP contribution in [0.4, 0.5) is 9.18 Å². The molecule has 2 aliphatic carbocycles. The van der Waals surface area contributed by atoms with Gasteiger partial charge in [-0.15, -0.1) is 0 Å². The molecule has 2 aliphatic heterocycles. The highest BCUT2D eigenvalue weighted by Crippen LogP contribution is 2.44. The van der Waals surface area contributed by atoms with E-state index in [0.29, 0.717) is 31.0 Å². The maximum Gasteiger partial charge on any atom is 0.410 e. The maximum absolute atomic E-state index is 15.2. The molecule has 8 rings (SSSR count). The summed E-state index contributed by atoms with van der Waals surface area (Å²) in [7, 11) is 0. The van der Waals surface area contributed by atoms with Gasteiger partial charge in [0.15, 0.2) is 0 Å². The molecule has 0 unspecified atom stereocenters. The molecule has 0 spiro atoms. The monoisotopic (exact) mass is 854 g/mol. The molecular weight excluding hydrogens is 800 g/mol. The smallest absolute Gasteiger partial charge is 0.410 e. The van der Waals surface area contributed by atoms with E-state index in [2.05, 4.69) is 34.6 Å². The molecule has 4 amide bonds. The van der Waals surface area contributed by atoms with E-state index in [1.165, 1.54) is 30.2 Å². The summed E-state index contributed by atoms with van der Waals surface area (Å²) in [6.45, 7) is 5.53. The molecular formula is C50H55FN6O6. The Morgan fingerprint density at radius 1 is 0.810 bits per heavy atom. The lowest BCUT2D eigenvalue weighted by molar-refractivity contribution is -0.133. The van der Waals surface area contributed by atoms with Crippen LogP contribution in [0.25, 0.3) is 16.8 Å². The van der Waals surface area contributed by atoms with Crippen LogP contribution in [0.5, 0.6) is 0 Å². The molecule has 0 aromatic heterocycles. The lowest BCUT2D eigenvalue weighted by Crippen LogP contribution is -2.53. The fourth-order valence-corrected chi connectivity index (χ4v) is 9.21. The van der Waals surface area contributed by atoms with E-state index in [1.807, 2.05) is 60.7 Å². The summed E-state index contributed by atoms with van der Waals surface area (Å²) in [6.07, 6.45) is 6.07. The van der Waals surface area contributed by atoms with Crippen LogP contribution >= 0.6 is 0 Å². The van der Waals surface area contributed by atoms with E-state index in [4.69, 9.17) is 9.47 Å². The zero-order valence-electron chi connectivity index (χ0n) is 35.7. The number of ether oxygens (including phenoxy) is 2. The van der Waals surface area contributed by atoms with Crippen LogP contribution in [-0.4, -0.2) is 110 Å². The molecule has 0 bridgehead atoms. The standard InChI is InChI=1S/C50H55FN6O6/c1-34-37-13-5-10-18-42(37)46(54-53-34)30-36-19-20-45(51)43(29-36)49(60)56-24-22-55(23-25-56)48(59)32-57(26-28-62-27-21-52-47(58)31-35-11-3-2-4-12-35)50(61)63-33-44-40-16-8-6-14-38(40)39-15-7-9-17-41(39)44/h5-10,13-20,29,35,44,53H,1-4,11-12,21-28,30-33H2,(H,52,58). The Hall–Kier alpha value is -6.34. The van der Waals surface area contributed by atoms with Crippen LogP contribution in [0.1, 0.15) is 82.6 Å². The van der Waals surface area contributed by atoms with Gasteiger partial charge in [0.2, 0.25) is 11.8 Å². The molecule has 2 fully saturated rings. The number of carbonyl (C=O) groups excluding carboxylic acids is 4. The number of piperazine rings is 1. The minimum atomic E-state index is -0.637. The molecule has 1 saturated carbocycles. The highest BCUT2D eigenvalue weighted by atomic mass is 19.1. The molecule has 4 aliphatic rings. The third-order valence-corrected chi connectivity index (χ3v) is 12.6. The topological polar surface area (TPSA) is 133 Å². The minimum Gasteiger partial charge on any atom is -0.448 e. The van der Waals surface area contributed by atoms with Gasteiger partial charge in [0.25, 0.3) is 5.91 Å². The third kappa shape index (κ3) is 10.3. The first-order valence-corrected chi connectivity index (χ1v) is 22.1. The second kappa shape index (κ2) is 20.2. The number of rotatable bonds is 15. The average Bonchev–Trinajstić information content (AvgIpc) is 3.63. The van der Waals surface area contributed by atoms with Gasteiger partial charge in [0.1, 0.15) is 19.0 Å². The van der Waals surface area contributed by atoms with Crippen molar-refractivity contribution in [3.63, 3.8) is 0 Å². The van der Waals surface area contributed by atoms with Gasteiger partial charge in [0, 0.05) is 69.2 Å². The van der Waals surface area contributed by atoms with Gasteiger partial charge in [-0.1, -0.05) is 105 Å². The van der Waals surface area contributed by atoms with E-state index in [9.17, 15) is 19.2 Å². The Bertz CT molecular complexity index is 2320. The first-order valence-electron chi connectivity index (χ1n) is 22.1.